The molecule has 100 valence electrons. The lowest BCUT2D eigenvalue weighted by Gasteiger charge is -2.25. The SMILES string of the molecule is Nc1nc(NC2CCC2)sc1C(=O)Nc1ccsc1. The van der Waals surface area contributed by atoms with Crippen LogP contribution in [0, 0.1) is 0 Å². The molecule has 0 aromatic carbocycles. The number of carbonyl (C=O) groups is 1. The Morgan fingerprint density at radius 1 is 1.47 bits per heavy atom. The number of thiazole rings is 1. The summed E-state index contributed by atoms with van der Waals surface area (Å²) in [6.07, 6.45) is 3.58. The minimum atomic E-state index is -0.199. The summed E-state index contributed by atoms with van der Waals surface area (Å²) in [5, 5.41) is 10.6. The number of aromatic nitrogens is 1. The van der Waals surface area contributed by atoms with Gasteiger partial charge in [0.15, 0.2) is 5.13 Å². The van der Waals surface area contributed by atoms with E-state index in [0.29, 0.717) is 16.7 Å². The molecule has 1 aliphatic rings. The molecule has 0 unspecified atom stereocenters. The molecule has 1 fully saturated rings. The van der Waals surface area contributed by atoms with Crippen molar-refractivity contribution in [3.8, 4) is 0 Å². The van der Waals surface area contributed by atoms with Gasteiger partial charge in [0.2, 0.25) is 0 Å². The molecule has 0 aliphatic heterocycles. The molecular formula is C12H14N4OS2. The average Bonchev–Trinajstić information content (AvgIpc) is 2.93. The van der Waals surface area contributed by atoms with Crippen LogP contribution in [0.2, 0.25) is 0 Å². The highest BCUT2D eigenvalue weighted by Gasteiger charge is 2.21. The number of nitrogens with one attached hydrogen (secondary N) is 2. The van der Waals surface area contributed by atoms with Crippen LogP contribution < -0.4 is 16.4 Å². The summed E-state index contributed by atoms with van der Waals surface area (Å²) in [7, 11) is 0. The van der Waals surface area contributed by atoms with Gasteiger partial charge >= 0.3 is 0 Å². The van der Waals surface area contributed by atoms with Gasteiger partial charge in [0.05, 0.1) is 5.69 Å². The summed E-state index contributed by atoms with van der Waals surface area (Å²) in [6.45, 7) is 0. The predicted octanol–water partition coefficient (Wildman–Crippen LogP) is 3.00. The van der Waals surface area contributed by atoms with E-state index in [4.69, 9.17) is 5.73 Å². The maximum atomic E-state index is 12.1. The molecule has 1 saturated carbocycles. The second kappa shape index (κ2) is 5.18. The van der Waals surface area contributed by atoms with Crippen molar-refractivity contribution in [3.05, 3.63) is 21.7 Å². The smallest absolute Gasteiger partial charge is 0.269 e. The van der Waals surface area contributed by atoms with Gasteiger partial charge in [-0.2, -0.15) is 11.3 Å². The van der Waals surface area contributed by atoms with E-state index >= 15 is 0 Å². The topological polar surface area (TPSA) is 80.0 Å². The minimum absolute atomic E-state index is 0.199. The first-order valence-corrected chi connectivity index (χ1v) is 7.84. The van der Waals surface area contributed by atoms with Crippen molar-refractivity contribution >= 4 is 45.2 Å². The average molecular weight is 294 g/mol. The summed E-state index contributed by atoms with van der Waals surface area (Å²) in [5.74, 6) is 0.0922. The van der Waals surface area contributed by atoms with E-state index in [-0.39, 0.29) is 5.91 Å². The molecule has 2 aromatic heterocycles. The highest BCUT2D eigenvalue weighted by molar-refractivity contribution is 7.18. The molecule has 7 heteroatoms. The van der Waals surface area contributed by atoms with Gasteiger partial charge in [-0.1, -0.05) is 11.3 Å². The summed E-state index contributed by atoms with van der Waals surface area (Å²) >= 11 is 2.85. The van der Waals surface area contributed by atoms with Gasteiger partial charge in [0.25, 0.3) is 5.91 Å². The van der Waals surface area contributed by atoms with Gasteiger partial charge in [-0.3, -0.25) is 4.79 Å². The summed E-state index contributed by atoms with van der Waals surface area (Å²) in [5.41, 5.74) is 6.60. The van der Waals surface area contributed by atoms with Crippen LogP contribution in [0.25, 0.3) is 0 Å². The third-order valence-corrected chi connectivity index (χ3v) is 4.76. The monoisotopic (exact) mass is 294 g/mol. The van der Waals surface area contributed by atoms with Gasteiger partial charge in [0, 0.05) is 11.4 Å². The van der Waals surface area contributed by atoms with Crippen LogP contribution in [0.1, 0.15) is 28.9 Å². The Balaban J connectivity index is 1.70. The van der Waals surface area contributed by atoms with E-state index in [1.54, 1.807) is 0 Å². The maximum absolute atomic E-state index is 12.1. The van der Waals surface area contributed by atoms with E-state index in [9.17, 15) is 4.79 Å². The zero-order chi connectivity index (χ0) is 13.2. The molecule has 0 radical (unpaired) electrons. The second-order valence-corrected chi connectivity index (χ2v) is 6.25. The molecule has 2 heterocycles. The second-order valence-electron chi connectivity index (χ2n) is 4.47. The fourth-order valence-corrected chi connectivity index (χ4v) is 3.25. The summed E-state index contributed by atoms with van der Waals surface area (Å²) in [6, 6.07) is 2.34. The fraction of sp³-hybridized carbons (Fsp3) is 0.333. The van der Waals surface area contributed by atoms with Crippen molar-refractivity contribution in [1.29, 1.82) is 0 Å². The summed E-state index contributed by atoms with van der Waals surface area (Å²) < 4.78 is 0. The number of nitrogen functional groups attached to an aromatic ring is 1. The van der Waals surface area contributed by atoms with Crippen molar-refractivity contribution < 1.29 is 4.79 Å². The number of anilines is 3. The number of thiophene rings is 1. The van der Waals surface area contributed by atoms with Crippen LogP contribution in [-0.4, -0.2) is 16.9 Å². The number of nitrogens with zero attached hydrogens (tertiary/aromatic N) is 1. The minimum Gasteiger partial charge on any atom is -0.382 e. The third kappa shape index (κ3) is 2.71. The van der Waals surface area contributed by atoms with Crippen LogP contribution in [0.4, 0.5) is 16.6 Å². The number of hydrogen-bond acceptors (Lipinski definition) is 6. The maximum Gasteiger partial charge on any atom is 0.269 e. The van der Waals surface area contributed by atoms with E-state index in [1.165, 1.54) is 29.1 Å². The zero-order valence-corrected chi connectivity index (χ0v) is 11.8. The zero-order valence-electron chi connectivity index (χ0n) is 10.2. The molecule has 1 aliphatic carbocycles. The van der Waals surface area contributed by atoms with Gasteiger partial charge in [-0.15, -0.1) is 0 Å². The van der Waals surface area contributed by atoms with Gasteiger partial charge in [-0.25, -0.2) is 4.98 Å². The normalized spacial score (nSPS) is 14.9. The highest BCUT2D eigenvalue weighted by Crippen LogP contribution is 2.30. The van der Waals surface area contributed by atoms with Crippen LogP contribution in [0.15, 0.2) is 16.8 Å². The number of hydrogen-bond donors (Lipinski definition) is 3. The molecular weight excluding hydrogens is 280 g/mol. The number of amides is 1. The van der Waals surface area contributed by atoms with Crippen molar-refractivity contribution in [2.75, 3.05) is 16.4 Å². The van der Waals surface area contributed by atoms with Crippen molar-refractivity contribution in [3.63, 3.8) is 0 Å². The Bertz CT molecular complexity index is 575. The molecule has 0 spiro atoms. The Kier molecular flexibility index (Phi) is 3.39. The van der Waals surface area contributed by atoms with Crippen molar-refractivity contribution in [2.45, 2.75) is 25.3 Å². The van der Waals surface area contributed by atoms with Crippen molar-refractivity contribution in [2.24, 2.45) is 0 Å². The first kappa shape index (κ1) is 12.4. The molecule has 2 aromatic rings. The Hall–Kier alpha value is -1.60. The molecule has 0 bridgehead atoms. The Labute approximate surface area is 118 Å². The highest BCUT2D eigenvalue weighted by atomic mass is 32.1. The number of nitrogens with two attached hydrogens (primary N) is 1. The first-order chi connectivity index (χ1) is 9.22. The largest absolute Gasteiger partial charge is 0.382 e. The number of rotatable bonds is 4. The van der Waals surface area contributed by atoms with E-state index in [2.05, 4.69) is 15.6 Å². The van der Waals surface area contributed by atoms with E-state index in [1.807, 2.05) is 16.8 Å². The lowest BCUT2D eigenvalue weighted by Crippen LogP contribution is -2.26. The van der Waals surface area contributed by atoms with E-state index in [0.717, 1.165) is 23.7 Å². The molecule has 3 rings (SSSR count). The van der Waals surface area contributed by atoms with Crippen molar-refractivity contribution in [1.82, 2.24) is 4.98 Å². The Morgan fingerprint density at radius 2 is 2.32 bits per heavy atom. The quantitative estimate of drug-likeness (QED) is 0.810. The Morgan fingerprint density at radius 3 is 2.95 bits per heavy atom. The van der Waals surface area contributed by atoms with Crippen LogP contribution >= 0.6 is 22.7 Å². The molecule has 0 atom stereocenters. The molecule has 4 N–H and O–H groups in total. The first-order valence-electron chi connectivity index (χ1n) is 6.09. The standard InChI is InChI=1S/C12H14N4OS2/c13-10-9(11(17)14-8-4-5-18-6-8)19-12(16-10)15-7-2-1-3-7/h4-7H,1-3,13H2,(H,14,17)(H,15,16). The van der Waals surface area contributed by atoms with Gasteiger partial charge in [-0.05, 0) is 30.7 Å². The molecule has 19 heavy (non-hydrogen) atoms. The van der Waals surface area contributed by atoms with E-state index < -0.39 is 0 Å². The molecule has 0 saturated heterocycles. The third-order valence-electron chi connectivity index (χ3n) is 3.07. The van der Waals surface area contributed by atoms with Crippen LogP contribution in [0.5, 0.6) is 0 Å². The molecule has 1 amide bonds. The van der Waals surface area contributed by atoms with Crippen LogP contribution in [0.3, 0.4) is 0 Å². The lowest BCUT2D eigenvalue weighted by atomic mass is 9.93. The van der Waals surface area contributed by atoms with Crippen LogP contribution in [-0.2, 0) is 0 Å². The lowest BCUT2D eigenvalue weighted by molar-refractivity contribution is 0.103. The predicted molar refractivity (Wildman–Crippen MR) is 80.1 cm³/mol. The number of carbonyl (C=O) groups excluding carboxylic acids is 1. The fourth-order valence-electron chi connectivity index (χ4n) is 1.81. The van der Waals surface area contributed by atoms with Gasteiger partial charge < -0.3 is 16.4 Å². The summed E-state index contributed by atoms with van der Waals surface area (Å²) in [4.78, 5) is 16.7. The molecule has 5 nitrogen and oxygen atoms in total. The van der Waals surface area contributed by atoms with Gasteiger partial charge in [0.1, 0.15) is 10.7 Å².